The molecule has 3 aromatic carbocycles. The molecule has 0 aliphatic carbocycles. The molecule has 0 radical (unpaired) electrons. The third-order valence-electron chi connectivity index (χ3n) is 4.81. The smallest absolute Gasteiger partial charge is 0.122 e. The highest BCUT2D eigenvalue weighted by molar-refractivity contribution is 5.75. The number of rotatable bonds is 7. The van der Waals surface area contributed by atoms with E-state index in [9.17, 15) is 0 Å². The maximum atomic E-state index is 5.90. The summed E-state index contributed by atoms with van der Waals surface area (Å²) in [4.78, 5) is 3.99. The molecule has 0 aliphatic heterocycles. The van der Waals surface area contributed by atoms with Crippen LogP contribution in [0.1, 0.15) is 19.4 Å². The van der Waals surface area contributed by atoms with Gasteiger partial charge in [-0.15, -0.1) is 10.2 Å². The van der Waals surface area contributed by atoms with Crippen LogP contribution < -0.4 is 9.64 Å². The molecule has 0 N–H and O–H groups in total. The van der Waals surface area contributed by atoms with E-state index in [0.717, 1.165) is 41.1 Å². The lowest BCUT2D eigenvalue weighted by Crippen LogP contribution is -2.21. The number of hydrogen-bond donors (Lipinski definition) is 0. The fourth-order valence-electron chi connectivity index (χ4n) is 3.23. The number of anilines is 1. The van der Waals surface area contributed by atoms with Gasteiger partial charge in [-0.1, -0.05) is 30.3 Å². The first kappa shape index (κ1) is 18.0. The lowest BCUT2D eigenvalue weighted by molar-refractivity contribution is 0.306. The van der Waals surface area contributed by atoms with Crippen molar-refractivity contribution >= 4 is 16.7 Å². The zero-order valence-corrected chi connectivity index (χ0v) is 16.2. The molecule has 28 heavy (non-hydrogen) atoms. The van der Waals surface area contributed by atoms with E-state index in [2.05, 4.69) is 65.3 Å². The quantitative estimate of drug-likeness (QED) is 0.465. The number of nitrogens with zero attached hydrogens (tertiary/aromatic N) is 4. The maximum absolute atomic E-state index is 5.90. The molecule has 0 spiro atoms. The number of fused-ring (bicyclic) bond motifs is 1. The molecule has 0 amide bonds. The SMILES string of the molecule is CCN(CC)c1ccc(-n2nc3ccc(OCc4ccccc4)cc3n2)cc1. The number of hydrogen-bond acceptors (Lipinski definition) is 4. The maximum Gasteiger partial charge on any atom is 0.122 e. The first-order valence-corrected chi connectivity index (χ1v) is 9.66. The molecule has 1 aromatic heterocycles. The molecule has 0 unspecified atom stereocenters. The monoisotopic (exact) mass is 372 g/mol. The summed E-state index contributed by atoms with van der Waals surface area (Å²) in [7, 11) is 0. The zero-order chi connectivity index (χ0) is 19.3. The molecule has 0 fully saturated rings. The Morgan fingerprint density at radius 3 is 2.25 bits per heavy atom. The van der Waals surface area contributed by atoms with Crippen LogP contribution in [0.4, 0.5) is 5.69 Å². The summed E-state index contributed by atoms with van der Waals surface area (Å²) in [5, 5.41) is 9.22. The first-order valence-electron chi connectivity index (χ1n) is 9.66. The molecule has 4 rings (SSSR count). The van der Waals surface area contributed by atoms with Gasteiger partial charge in [-0.05, 0) is 55.8 Å². The third-order valence-corrected chi connectivity index (χ3v) is 4.81. The second-order valence-corrected chi connectivity index (χ2v) is 6.60. The lowest BCUT2D eigenvalue weighted by Gasteiger charge is -2.20. The molecule has 0 aliphatic rings. The second-order valence-electron chi connectivity index (χ2n) is 6.60. The van der Waals surface area contributed by atoms with E-state index >= 15 is 0 Å². The zero-order valence-electron chi connectivity index (χ0n) is 16.2. The van der Waals surface area contributed by atoms with Crippen LogP contribution in [0, 0.1) is 0 Å². The van der Waals surface area contributed by atoms with Gasteiger partial charge in [-0.2, -0.15) is 4.80 Å². The first-order chi connectivity index (χ1) is 13.8. The molecule has 0 atom stereocenters. The molecule has 0 saturated carbocycles. The van der Waals surface area contributed by atoms with Gasteiger partial charge in [-0.25, -0.2) is 0 Å². The average Bonchev–Trinajstić information content (AvgIpc) is 3.18. The minimum atomic E-state index is 0.535. The van der Waals surface area contributed by atoms with Crippen molar-refractivity contribution in [3.63, 3.8) is 0 Å². The van der Waals surface area contributed by atoms with Gasteiger partial charge in [0.05, 0.1) is 5.69 Å². The van der Waals surface area contributed by atoms with Gasteiger partial charge in [0.1, 0.15) is 23.4 Å². The van der Waals surface area contributed by atoms with Gasteiger partial charge in [-0.3, -0.25) is 0 Å². The van der Waals surface area contributed by atoms with Crippen molar-refractivity contribution in [2.45, 2.75) is 20.5 Å². The van der Waals surface area contributed by atoms with Crippen LogP contribution in [0.15, 0.2) is 72.8 Å². The second kappa shape index (κ2) is 8.13. The molecule has 0 bridgehead atoms. The highest BCUT2D eigenvalue weighted by Gasteiger charge is 2.08. The fourth-order valence-corrected chi connectivity index (χ4v) is 3.23. The van der Waals surface area contributed by atoms with E-state index in [4.69, 9.17) is 4.74 Å². The molecule has 1 heterocycles. The van der Waals surface area contributed by atoms with Crippen LogP contribution in [0.3, 0.4) is 0 Å². The standard InChI is InChI=1S/C23H24N4O/c1-3-26(4-2)19-10-12-20(13-11-19)27-24-22-15-14-21(16-23(22)25-27)28-17-18-8-6-5-7-9-18/h5-16H,3-4,17H2,1-2H3. The fraction of sp³-hybridized carbons (Fsp3) is 0.217. The van der Waals surface area contributed by atoms with Crippen molar-refractivity contribution in [2.24, 2.45) is 0 Å². The summed E-state index contributed by atoms with van der Waals surface area (Å²) in [5.74, 6) is 0.792. The summed E-state index contributed by atoms with van der Waals surface area (Å²) in [6.07, 6.45) is 0. The predicted molar refractivity (Wildman–Crippen MR) is 113 cm³/mol. The van der Waals surface area contributed by atoms with Crippen molar-refractivity contribution in [1.82, 2.24) is 15.0 Å². The number of aromatic nitrogens is 3. The van der Waals surface area contributed by atoms with E-state index < -0.39 is 0 Å². The summed E-state index contributed by atoms with van der Waals surface area (Å²) >= 11 is 0. The molecule has 5 nitrogen and oxygen atoms in total. The minimum absolute atomic E-state index is 0.535. The Balaban J connectivity index is 1.53. The van der Waals surface area contributed by atoms with Gasteiger partial charge in [0.25, 0.3) is 0 Å². The van der Waals surface area contributed by atoms with Crippen LogP contribution in [0.2, 0.25) is 0 Å². The summed E-state index contributed by atoms with van der Waals surface area (Å²) in [6.45, 7) is 6.84. The average molecular weight is 372 g/mol. The van der Waals surface area contributed by atoms with Gasteiger partial charge in [0, 0.05) is 24.8 Å². The molecule has 4 aromatic rings. The van der Waals surface area contributed by atoms with Crippen molar-refractivity contribution in [3.05, 3.63) is 78.4 Å². The molecule has 0 saturated heterocycles. The Kier molecular flexibility index (Phi) is 5.24. The summed E-state index contributed by atoms with van der Waals surface area (Å²) in [6, 6.07) is 24.3. The van der Waals surface area contributed by atoms with Crippen LogP contribution in [-0.4, -0.2) is 28.1 Å². The van der Waals surface area contributed by atoms with Crippen molar-refractivity contribution in [2.75, 3.05) is 18.0 Å². The number of benzene rings is 3. The highest BCUT2D eigenvalue weighted by atomic mass is 16.5. The van der Waals surface area contributed by atoms with Crippen molar-refractivity contribution < 1.29 is 4.74 Å². The molecule has 142 valence electrons. The minimum Gasteiger partial charge on any atom is -0.489 e. The van der Waals surface area contributed by atoms with Crippen LogP contribution in [-0.2, 0) is 6.61 Å². The van der Waals surface area contributed by atoms with Gasteiger partial charge < -0.3 is 9.64 Å². The Morgan fingerprint density at radius 1 is 0.821 bits per heavy atom. The summed E-state index contributed by atoms with van der Waals surface area (Å²) < 4.78 is 5.90. The lowest BCUT2D eigenvalue weighted by atomic mass is 10.2. The van der Waals surface area contributed by atoms with Crippen molar-refractivity contribution in [1.29, 1.82) is 0 Å². The highest BCUT2D eigenvalue weighted by Crippen LogP contribution is 2.21. The topological polar surface area (TPSA) is 43.2 Å². The van der Waals surface area contributed by atoms with Crippen LogP contribution in [0.25, 0.3) is 16.7 Å². The van der Waals surface area contributed by atoms with E-state index in [1.807, 2.05) is 36.4 Å². The molecular formula is C23H24N4O. The van der Waals surface area contributed by atoms with E-state index in [-0.39, 0.29) is 0 Å². The van der Waals surface area contributed by atoms with E-state index in [1.165, 1.54) is 5.69 Å². The molecular weight excluding hydrogens is 348 g/mol. The third kappa shape index (κ3) is 3.83. The Morgan fingerprint density at radius 2 is 1.54 bits per heavy atom. The predicted octanol–water partition coefficient (Wildman–Crippen LogP) is 4.85. The Bertz CT molecular complexity index is 1040. The van der Waals surface area contributed by atoms with Crippen LogP contribution in [0.5, 0.6) is 5.75 Å². The number of ether oxygens (including phenoxy) is 1. The largest absolute Gasteiger partial charge is 0.489 e. The normalized spacial score (nSPS) is 10.9. The Hall–Kier alpha value is -3.34. The van der Waals surface area contributed by atoms with Gasteiger partial charge in [0.15, 0.2) is 0 Å². The van der Waals surface area contributed by atoms with E-state index in [1.54, 1.807) is 4.80 Å². The Labute approximate surface area is 165 Å². The van der Waals surface area contributed by atoms with Gasteiger partial charge in [0.2, 0.25) is 0 Å². The van der Waals surface area contributed by atoms with Crippen LogP contribution >= 0.6 is 0 Å². The van der Waals surface area contributed by atoms with E-state index in [0.29, 0.717) is 6.61 Å². The van der Waals surface area contributed by atoms with Gasteiger partial charge >= 0.3 is 0 Å². The molecule has 5 heteroatoms. The van der Waals surface area contributed by atoms with Crippen molar-refractivity contribution in [3.8, 4) is 11.4 Å². The summed E-state index contributed by atoms with van der Waals surface area (Å²) in [5.41, 5.74) is 4.96.